The number of carbonyl (C=O) groups is 2. The average Bonchev–Trinajstić information content (AvgIpc) is 2.83. The highest BCUT2D eigenvalue weighted by molar-refractivity contribution is 5.81. The van der Waals surface area contributed by atoms with Crippen LogP contribution in [0.4, 0.5) is 0 Å². The summed E-state index contributed by atoms with van der Waals surface area (Å²) in [5.41, 5.74) is 2.43. The Kier molecular flexibility index (Phi) is 17.9. The molecule has 0 aliphatic heterocycles. The zero-order valence-corrected chi connectivity index (χ0v) is 17.5. The average molecular weight is 430 g/mol. The summed E-state index contributed by atoms with van der Waals surface area (Å²) in [5.74, 6) is -1.07. The summed E-state index contributed by atoms with van der Waals surface area (Å²) in [5, 5.41) is 15.2. The van der Waals surface area contributed by atoms with Crippen LogP contribution in [0.15, 0.2) is 86.0 Å². The third kappa shape index (κ3) is 17.3. The quantitative estimate of drug-likeness (QED) is 0.339. The number of rotatable bonds is 10. The van der Waals surface area contributed by atoms with E-state index in [0.29, 0.717) is 13.2 Å². The Morgan fingerprint density at radius 1 is 0.710 bits per heavy atom. The van der Waals surface area contributed by atoms with Gasteiger partial charge < -0.3 is 24.4 Å². The molecule has 2 rings (SSSR count). The third-order valence-electron chi connectivity index (χ3n) is 3.23. The number of carbonyl (C=O) groups excluding carboxylic acids is 2. The van der Waals surface area contributed by atoms with Crippen LogP contribution in [0, 0.1) is 0 Å². The lowest BCUT2D eigenvalue weighted by atomic mass is 10.2. The second-order valence-electron chi connectivity index (χ2n) is 5.65. The maximum atomic E-state index is 10.4. The maximum absolute atomic E-state index is 10.4. The molecule has 7 nitrogen and oxygen atoms in total. The van der Waals surface area contributed by atoms with Gasteiger partial charge in [0.25, 0.3) is 0 Å². The topological polar surface area (TPSA) is 102 Å². The van der Waals surface area contributed by atoms with E-state index in [1.807, 2.05) is 36.4 Å². The monoisotopic (exact) mass is 430 g/mol. The van der Waals surface area contributed by atoms with Crippen molar-refractivity contribution in [2.45, 2.75) is 13.2 Å². The normalized spacial score (nSPS) is 9.10. The summed E-state index contributed by atoms with van der Waals surface area (Å²) in [7, 11) is 0. The smallest absolute Gasteiger partial charge is 0.330 e. The van der Waals surface area contributed by atoms with Gasteiger partial charge in [-0.05, 0) is 11.1 Å². The van der Waals surface area contributed by atoms with Crippen LogP contribution in [0.5, 0.6) is 0 Å². The van der Waals surface area contributed by atoms with Gasteiger partial charge in [-0.2, -0.15) is 0 Å². The molecule has 0 aliphatic carbocycles. The molecule has 0 aliphatic rings. The summed E-state index contributed by atoms with van der Waals surface area (Å²) in [4.78, 5) is 20.9. The van der Waals surface area contributed by atoms with Gasteiger partial charge in [0, 0.05) is 12.2 Å². The first-order chi connectivity index (χ1) is 15.1. The first kappa shape index (κ1) is 27.7. The molecule has 2 N–H and O–H groups in total. The van der Waals surface area contributed by atoms with Crippen molar-refractivity contribution >= 4 is 11.9 Å². The number of hydrogen-bond donors (Lipinski definition) is 2. The zero-order valence-electron chi connectivity index (χ0n) is 17.5. The molecule has 0 saturated carbocycles. The molecule has 0 fully saturated rings. The van der Waals surface area contributed by atoms with E-state index in [9.17, 15) is 9.59 Å². The van der Waals surface area contributed by atoms with Gasteiger partial charge >= 0.3 is 11.9 Å². The Balaban J connectivity index is 0.000000507. The Morgan fingerprint density at radius 3 is 1.35 bits per heavy atom. The summed E-state index contributed by atoms with van der Waals surface area (Å²) in [6.07, 6.45) is 2.07. The van der Waals surface area contributed by atoms with E-state index < -0.39 is 11.9 Å². The van der Waals surface area contributed by atoms with Crippen LogP contribution >= 0.6 is 0 Å². The highest BCUT2D eigenvalue weighted by Crippen LogP contribution is 2.05. The van der Waals surface area contributed by atoms with E-state index in [-0.39, 0.29) is 26.4 Å². The van der Waals surface area contributed by atoms with Crippen LogP contribution in [0.2, 0.25) is 0 Å². The molecule has 2 aromatic carbocycles. The summed E-state index contributed by atoms with van der Waals surface area (Å²) < 4.78 is 14.6. The van der Waals surface area contributed by atoms with E-state index in [0.717, 1.165) is 12.2 Å². The fourth-order valence-electron chi connectivity index (χ4n) is 1.84. The molecule has 0 radical (unpaired) electrons. The maximum Gasteiger partial charge on any atom is 0.330 e. The molecular weight excluding hydrogens is 400 g/mol. The van der Waals surface area contributed by atoms with Crippen molar-refractivity contribution in [2.24, 2.45) is 0 Å². The lowest BCUT2D eigenvalue weighted by molar-refractivity contribution is -0.146. The van der Waals surface area contributed by atoms with Crippen molar-refractivity contribution in [3.63, 3.8) is 0 Å². The number of ether oxygens (including phenoxy) is 3. The van der Waals surface area contributed by atoms with Crippen LogP contribution in [0.25, 0.3) is 0 Å². The predicted molar refractivity (Wildman–Crippen MR) is 118 cm³/mol. The van der Waals surface area contributed by atoms with Gasteiger partial charge in [-0.3, -0.25) is 0 Å². The molecule has 2 aromatic rings. The lowest BCUT2D eigenvalue weighted by Gasteiger charge is -2.03. The number of aliphatic hydroxyl groups excluding tert-OH is 2. The summed E-state index contributed by atoms with van der Waals surface area (Å²) in [6.45, 7) is 7.55. The Bertz CT molecular complexity index is 667. The van der Waals surface area contributed by atoms with E-state index in [2.05, 4.69) is 46.9 Å². The van der Waals surface area contributed by atoms with Gasteiger partial charge in [0.1, 0.15) is 13.2 Å². The predicted octanol–water partition coefficient (Wildman–Crippen LogP) is 2.82. The number of benzene rings is 2. The molecule has 31 heavy (non-hydrogen) atoms. The molecule has 0 amide bonds. The Morgan fingerprint density at radius 2 is 1.06 bits per heavy atom. The van der Waals surface area contributed by atoms with Crippen molar-refractivity contribution in [1.29, 1.82) is 0 Å². The van der Waals surface area contributed by atoms with Crippen molar-refractivity contribution in [1.82, 2.24) is 0 Å². The number of hydrogen-bond acceptors (Lipinski definition) is 7. The second-order valence-corrected chi connectivity index (χ2v) is 5.65. The van der Waals surface area contributed by atoms with Crippen LogP contribution in [0.1, 0.15) is 11.1 Å². The molecule has 0 bridgehead atoms. The van der Waals surface area contributed by atoms with E-state index in [4.69, 9.17) is 14.9 Å². The summed E-state index contributed by atoms with van der Waals surface area (Å²) in [6, 6.07) is 20.4. The van der Waals surface area contributed by atoms with Gasteiger partial charge in [0.2, 0.25) is 0 Å². The third-order valence-corrected chi connectivity index (χ3v) is 3.23. The first-order valence-corrected chi connectivity index (χ1v) is 9.53. The SMILES string of the molecule is C=CC(=O)OCCOC(=O)C=C.OCCO.c1ccc(COCc2ccccc2)cc1. The fraction of sp³-hybridized carbons (Fsp3) is 0.250. The minimum atomic E-state index is -0.537. The van der Waals surface area contributed by atoms with Gasteiger partial charge in [-0.25, -0.2) is 9.59 Å². The van der Waals surface area contributed by atoms with Crippen molar-refractivity contribution in [3.8, 4) is 0 Å². The second kappa shape index (κ2) is 20.0. The molecule has 0 atom stereocenters. The largest absolute Gasteiger partial charge is 0.459 e. The molecule has 0 unspecified atom stereocenters. The molecule has 0 spiro atoms. The minimum absolute atomic E-state index is 0.0322. The molecule has 7 heteroatoms. The van der Waals surface area contributed by atoms with Crippen LogP contribution in [-0.2, 0) is 37.0 Å². The van der Waals surface area contributed by atoms with Crippen LogP contribution in [-0.4, -0.2) is 48.6 Å². The first-order valence-electron chi connectivity index (χ1n) is 9.53. The van der Waals surface area contributed by atoms with Crippen LogP contribution in [0.3, 0.4) is 0 Å². The highest BCUT2D eigenvalue weighted by Gasteiger charge is 1.97. The van der Waals surface area contributed by atoms with Crippen LogP contribution < -0.4 is 0 Å². The minimum Gasteiger partial charge on any atom is -0.459 e. The Labute approximate surface area is 183 Å². The van der Waals surface area contributed by atoms with Gasteiger partial charge in [-0.1, -0.05) is 73.8 Å². The van der Waals surface area contributed by atoms with Crippen molar-refractivity contribution in [3.05, 3.63) is 97.1 Å². The van der Waals surface area contributed by atoms with E-state index in [1.54, 1.807) is 0 Å². The molecule has 0 heterocycles. The van der Waals surface area contributed by atoms with Crippen molar-refractivity contribution < 1.29 is 34.0 Å². The van der Waals surface area contributed by atoms with Crippen molar-refractivity contribution in [2.75, 3.05) is 26.4 Å². The lowest BCUT2D eigenvalue weighted by Crippen LogP contribution is -2.10. The summed E-state index contributed by atoms with van der Waals surface area (Å²) >= 11 is 0. The fourth-order valence-corrected chi connectivity index (χ4v) is 1.84. The molecule has 0 saturated heterocycles. The standard InChI is InChI=1S/C14H14O.C8H10O4.C2H6O2/c1-3-7-13(8-4-1)11-15-12-14-9-5-2-6-10-14;1-3-7(9)11-5-6-12-8(10)4-2;3-1-2-4/h1-10H,11-12H2;3-4H,1-2,5-6H2;3-4H,1-2H2. The van der Waals surface area contributed by atoms with E-state index in [1.165, 1.54) is 11.1 Å². The van der Waals surface area contributed by atoms with Gasteiger partial charge in [0.15, 0.2) is 0 Å². The zero-order chi connectivity index (χ0) is 23.2. The number of aliphatic hydroxyl groups is 2. The van der Waals surface area contributed by atoms with Gasteiger partial charge in [0.05, 0.1) is 26.4 Å². The van der Waals surface area contributed by atoms with E-state index >= 15 is 0 Å². The molecular formula is C24H30O7. The molecule has 0 aromatic heterocycles. The Hall–Kier alpha value is -3.26. The number of esters is 2. The highest BCUT2D eigenvalue weighted by atomic mass is 16.6. The molecule has 168 valence electrons. The van der Waals surface area contributed by atoms with Gasteiger partial charge in [-0.15, -0.1) is 0 Å².